The third-order valence-electron chi connectivity index (χ3n) is 3.41. The molecule has 1 saturated heterocycles. The molecule has 4 heteroatoms. The van der Waals surface area contributed by atoms with Gasteiger partial charge < -0.3 is 15.4 Å². The van der Waals surface area contributed by atoms with E-state index in [2.05, 4.69) is 11.9 Å². The summed E-state index contributed by atoms with van der Waals surface area (Å²) in [4.78, 5) is 2.16. The number of anilines is 1. The molecule has 0 saturated carbocycles. The highest BCUT2D eigenvalue weighted by molar-refractivity contribution is 6.33. The van der Waals surface area contributed by atoms with Gasteiger partial charge >= 0.3 is 0 Å². The summed E-state index contributed by atoms with van der Waals surface area (Å²) in [6.07, 6.45) is 2.63. The average molecular weight is 269 g/mol. The second kappa shape index (κ2) is 5.91. The monoisotopic (exact) mass is 268 g/mol. The Labute approximate surface area is 114 Å². The number of likely N-dealkylation sites (N-methyl/N-ethyl adjacent to an activating group) is 1. The van der Waals surface area contributed by atoms with Gasteiger partial charge in [-0.2, -0.15) is 0 Å². The Morgan fingerprint density at radius 1 is 1.56 bits per heavy atom. The molecule has 1 aromatic carbocycles. The molecule has 0 spiro atoms. The first kappa shape index (κ1) is 13.7. The topological polar surface area (TPSA) is 38.5 Å². The highest BCUT2D eigenvalue weighted by Crippen LogP contribution is 2.28. The van der Waals surface area contributed by atoms with E-state index in [0.717, 1.165) is 42.3 Å². The van der Waals surface area contributed by atoms with Crippen LogP contribution in [0.15, 0.2) is 18.2 Å². The van der Waals surface area contributed by atoms with Crippen LogP contribution in [0.3, 0.4) is 0 Å². The van der Waals surface area contributed by atoms with Gasteiger partial charge in [0.1, 0.15) is 0 Å². The van der Waals surface area contributed by atoms with E-state index in [4.69, 9.17) is 22.1 Å². The van der Waals surface area contributed by atoms with E-state index in [1.165, 1.54) is 0 Å². The molecule has 1 fully saturated rings. The quantitative estimate of drug-likeness (QED) is 0.912. The number of nitrogens with zero attached hydrogens (tertiary/aromatic N) is 1. The minimum Gasteiger partial charge on any atom is -0.376 e. The smallest absolute Gasteiger partial charge is 0.0750 e. The molecule has 1 aromatic rings. The number of halogens is 1. The minimum atomic E-state index is 0.0139. The number of hydrogen-bond donors (Lipinski definition) is 1. The van der Waals surface area contributed by atoms with Crippen LogP contribution in [0.4, 0.5) is 5.69 Å². The van der Waals surface area contributed by atoms with Gasteiger partial charge in [0, 0.05) is 26.2 Å². The van der Waals surface area contributed by atoms with Crippen LogP contribution in [-0.2, 0) is 4.74 Å². The zero-order chi connectivity index (χ0) is 13.1. The molecule has 1 aliphatic heterocycles. The molecule has 2 N–H and O–H groups in total. The first-order valence-corrected chi connectivity index (χ1v) is 6.83. The van der Waals surface area contributed by atoms with Crippen LogP contribution in [0.5, 0.6) is 0 Å². The van der Waals surface area contributed by atoms with Crippen molar-refractivity contribution >= 4 is 17.3 Å². The third kappa shape index (κ3) is 3.16. The van der Waals surface area contributed by atoms with Gasteiger partial charge in [-0.1, -0.05) is 17.7 Å². The van der Waals surface area contributed by atoms with Crippen LogP contribution in [-0.4, -0.2) is 26.3 Å². The maximum atomic E-state index is 6.32. The summed E-state index contributed by atoms with van der Waals surface area (Å²) in [7, 11) is 2.05. The molecule has 0 aliphatic carbocycles. The number of ether oxygens (including phenoxy) is 1. The maximum absolute atomic E-state index is 6.32. The van der Waals surface area contributed by atoms with Crippen molar-refractivity contribution in [3.8, 4) is 0 Å². The lowest BCUT2D eigenvalue weighted by atomic mass is 10.1. The van der Waals surface area contributed by atoms with Gasteiger partial charge in [-0.3, -0.25) is 0 Å². The van der Waals surface area contributed by atoms with E-state index < -0.39 is 0 Å². The minimum absolute atomic E-state index is 0.0139. The molecule has 2 rings (SSSR count). The molecular weight excluding hydrogens is 248 g/mol. The first-order valence-electron chi connectivity index (χ1n) is 6.45. The fraction of sp³-hybridized carbons (Fsp3) is 0.571. The zero-order valence-electron chi connectivity index (χ0n) is 11.0. The Balaban J connectivity index is 2.07. The van der Waals surface area contributed by atoms with Crippen LogP contribution in [0.2, 0.25) is 5.02 Å². The van der Waals surface area contributed by atoms with Crippen molar-refractivity contribution in [2.75, 3.05) is 25.1 Å². The Hall–Kier alpha value is -0.770. The Kier molecular flexibility index (Phi) is 4.49. The highest BCUT2D eigenvalue weighted by atomic mass is 35.5. The Morgan fingerprint density at radius 2 is 2.33 bits per heavy atom. The van der Waals surface area contributed by atoms with E-state index in [-0.39, 0.29) is 6.04 Å². The van der Waals surface area contributed by atoms with E-state index in [1.807, 2.05) is 25.1 Å². The summed E-state index contributed by atoms with van der Waals surface area (Å²) < 4.78 is 5.64. The molecule has 0 amide bonds. The van der Waals surface area contributed by atoms with Crippen LogP contribution in [0.1, 0.15) is 31.4 Å². The third-order valence-corrected chi connectivity index (χ3v) is 3.71. The van der Waals surface area contributed by atoms with Gasteiger partial charge in [-0.15, -0.1) is 0 Å². The van der Waals surface area contributed by atoms with Crippen LogP contribution >= 0.6 is 11.6 Å². The second-order valence-corrected chi connectivity index (χ2v) is 5.42. The predicted molar refractivity (Wildman–Crippen MR) is 76.3 cm³/mol. The molecule has 0 aromatic heterocycles. The predicted octanol–water partition coefficient (Wildman–Crippen LogP) is 2.97. The van der Waals surface area contributed by atoms with Gasteiger partial charge in [0.05, 0.1) is 16.8 Å². The lowest BCUT2D eigenvalue weighted by Gasteiger charge is -2.24. The largest absolute Gasteiger partial charge is 0.376 e. The second-order valence-electron chi connectivity index (χ2n) is 5.02. The van der Waals surface area contributed by atoms with E-state index in [0.29, 0.717) is 6.10 Å². The molecule has 1 aliphatic rings. The van der Waals surface area contributed by atoms with Crippen molar-refractivity contribution < 1.29 is 4.74 Å². The summed E-state index contributed by atoms with van der Waals surface area (Å²) >= 11 is 6.32. The summed E-state index contributed by atoms with van der Waals surface area (Å²) in [5, 5.41) is 0.755. The summed E-state index contributed by atoms with van der Waals surface area (Å²) in [6.45, 7) is 3.73. The molecule has 3 nitrogen and oxygen atoms in total. The summed E-state index contributed by atoms with van der Waals surface area (Å²) in [5.74, 6) is 0. The van der Waals surface area contributed by atoms with E-state index in [9.17, 15) is 0 Å². The normalized spacial score (nSPS) is 21.0. The van der Waals surface area contributed by atoms with Gasteiger partial charge in [0.2, 0.25) is 0 Å². The number of hydrogen-bond acceptors (Lipinski definition) is 3. The van der Waals surface area contributed by atoms with Gasteiger partial charge in [0.15, 0.2) is 0 Å². The fourth-order valence-electron chi connectivity index (χ4n) is 2.31. The molecule has 1 unspecified atom stereocenters. The lowest BCUT2D eigenvalue weighted by molar-refractivity contribution is 0.116. The van der Waals surface area contributed by atoms with Crippen molar-refractivity contribution in [2.45, 2.75) is 31.9 Å². The zero-order valence-corrected chi connectivity index (χ0v) is 11.8. The van der Waals surface area contributed by atoms with Crippen LogP contribution < -0.4 is 10.6 Å². The van der Waals surface area contributed by atoms with Crippen molar-refractivity contribution in [3.05, 3.63) is 28.8 Å². The Morgan fingerprint density at radius 3 is 2.89 bits per heavy atom. The van der Waals surface area contributed by atoms with E-state index in [1.54, 1.807) is 0 Å². The van der Waals surface area contributed by atoms with Crippen molar-refractivity contribution in [1.82, 2.24) is 0 Å². The molecule has 18 heavy (non-hydrogen) atoms. The first-order chi connectivity index (χ1) is 8.58. The van der Waals surface area contributed by atoms with Gasteiger partial charge in [-0.25, -0.2) is 0 Å². The fourth-order valence-corrected chi connectivity index (χ4v) is 2.64. The number of nitrogens with two attached hydrogens (primary N) is 1. The summed E-state index contributed by atoms with van der Waals surface area (Å²) in [5.41, 5.74) is 7.95. The standard InChI is InChI=1S/C14H21ClN2O/c1-10(16)11-5-6-14(13(15)8-11)17(2)9-12-4-3-7-18-12/h5-6,8,10,12H,3-4,7,9,16H2,1-2H3/t10-,12?/m1/s1. The maximum Gasteiger partial charge on any atom is 0.0750 e. The Bertz CT molecular complexity index is 403. The SMILES string of the molecule is C[C@@H](N)c1ccc(N(C)CC2CCCO2)c(Cl)c1. The number of benzene rings is 1. The van der Waals surface area contributed by atoms with Gasteiger partial charge in [0.25, 0.3) is 0 Å². The lowest BCUT2D eigenvalue weighted by Crippen LogP contribution is -2.28. The summed E-state index contributed by atoms with van der Waals surface area (Å²) in [6, 6.07) is 6.04. The van der Waals surface area contributed by atoms with Crippen molar-refractivity contribution in [2.24, 2.45) is 5.73 Å². The average Bonchev–Trinajstić information content (AvgIpc) is 2.81. The number of rotatable bonds is 4. The molecule has 2 atom stereocenters. The van der Waals surface area contributed by atoms with Crippen LogP contribution in [0.25, 0.3) is 0 Å². The molecule has 1 heterocycles. The molecular formula is C14H21ClN2O. The van der Waals surface area contributed by atoms with Crippen molar-refractivity contribution in [1.29, 1.82) is 0 Å². The molecule has 0 bridgehead atoms. The molecule has 0 radical (unpaired) electrons. The van der Waals surface area contributed by atoms with Crippen molar-refractivity contribution in [3.63, 3.8) is 0 Å². The molecule has 100 valence electrons. The highest BCUT2D eigenvalue weighted by Gasteiger charge is 2.18. The van der Waals surface area contributed by atoms with Crippen LogP contribution in [0, 0.1) is 0 Å². The van der Waals surface area contributed by atoms with Gasteiger partial charge in [-0.05, 0) is 37.5 Å². The van der Waals surface area contributed by atoms with E-state index >= 15 is 0 Å².